The fourth-order valence-corrected chi connectivity index (χ4v) is 3.15. The Morgan fingerprint density at radius 2 is 1.74 bits per heavy atom. The first-order chi connectivity index (χ1) is 12.9. The maximum Gasteiger partial charge on any atom is 0.278 e. The largest absolute Gasteiger partial charge is 0.494 e. The van der Waals surface area contributed by atoms with Crippen molar-refractivity contribution in [3.8, 4) is 5.75 Å². The Labute approximate surface area is 159 Å². The molecule has 0 spiro atoms. The number of amides is 2. The van der Waals surface area contributed by atoms with E-state index in [1.165, 1.54) is 4.90 Å². The van der Waals surface area contributed by atoms with Crippen LogP contribution in [0, 0.1) is 6.92 Å². The van der Waals surface area contributed by atoms with Crippen LogP contribution in [-0.2, 0) is 9.59 Å². The summed E-state index contributed by atoms with van der Waals surface area (Å²) in [7, 11) is 0. The summed E-state index contributed by atoms with van der Waals surface area (Å²) >= 11 is 0. The number of nitrogens with zero attached hydrogens (tertiary/aromatic N) is 1. The summed E-state index contributed by atoms with van der Waals surface area (Å²) in [4.78, 5) is 27.3. The first-order valence-electron chi connectivity index (χ1n) is 9.11. The molecular formula is C22H24N2O3. The molecule has 0 fully saturated rings. The van der Waals surface area contributed by atoms with Crippen molar-refractivity contribution >= 4 is 23.1 Å². The number of rotatable bonds is 6. The van der Waals surface area contributed by atoms with Crippen molar-refractivity contribution < 1.29 is 14.3 Å². The molecule has 0 aliphatic carbocycles. The van der Waals surface area contributed by atoms with Crippen LogP contribution in [0.5, 0.6) is 5.75 Å². The molecule has 0 saturated carbocycles. The second kappa shape index (κ2) is 7.66. The molecule has 3 rings (SSSR count). The molecule has 2 aromatic rings. The number of benzene rings is 2. The zero-order valence-corrected chi connectivity index (χ0v) is 16.1. The normalized spacial score (nSPS) is 14.3. The van der Waals surface area contributed by atoms with Gasteiger partial charge in [-0.25, -0.2) is 0 Å². The first-order valence-corrected chi connectivity index (χ1v) is 9.11. The van der Waals surface area contributed by atoms with Gasteiger partial charge in [0.05, 0.1) is 12.2 Å². The minimum Gasteiger partial charge on any atom is -0.494 e. The summed E-state index contributed by atoms with van der Waals surface area (Å²) in [6.07, 6.45) is 0. The van der Waals surface area contributed by atoms with Gasteiger partial charge in [0.2, 0.25) is 0 Å². The van der Waals surface area contributed by atoms with Gasteiger partial charge in [-0.15, -0.1) is 0 Å². The molecule has 0 atom stereocenters. The molecule has 1 heterocycles. The van der Waals surface area contributed by atoms with Crippen LogP contribution >= 0.6 is 0 Å². The Balaban J connectivity index is 2.05. The van der Waals surface area contributed by atoms with Gasteiger partial charge in [0.1, 0.15) is 11.4 Å². The quantitative estimate of drug-likeness (QED) is 0.787. The molecule has 5 heteroatoms. The number of carbonyl (C=O) groups excluding carboxylic acids is 2. The highest BCUT2D eigenvalue weighted by atomic mass is 16.5. The molecule has 5 nitrogen and oxygen atoms in total. The number of anilines is 1. The molecule has 0 radical (unpaired) electrons. The molecule has 1 N–H and O–H groups in total. The molecule has 2 amide bonds. The van der Waals surface area contributed by atoms with Gasteiger partial charge in [-0.05, 0) is 63.1 Å². The van der Waals surface area contributed by atoms with E-state index in [-0.39, 0.29) is 17.9 Å². The average molecular weight is 364 g/mol. The van der Waals surface area contributed by atoms with Gasteiger partial charge in [0.15, 0.2) is 0 Å². The van der Waals surface area contributed by atoms with Gasteiger partial charge < -0.3 is 10.1 Å². The van der Waals surface area contributed by atoms with Gasteiger partial charge in [-0.1, -0.05) is 24.3 Å². The van der Waals surface area contributed by atoms with Crippen LogP contribution in [0.3, 0.4) is 0 Å². The van der Waals surface area contributed by atoms with E-state index < -0.39 is 0 Å². The highest BCUT2D eigenvalue weighted by molar-refractivity contribution is 6.36. The minimum absolute atomic E-state index is 0.223. The van der Waals surface area contributed by atoms with E-state index in [2.05, 4.69) is 5.32 Å². The number of hydrogen-bond acceptors (Lipinski definition) is 4. The van der Waals surface area contributed by atoms with Crippen molar-refractivity contribution in [1.29, 1.82) is 0 Å². The summed E-state index contributed by atoms with van der Waals surface area (Å²) in [5.74, 6) is 0.141. The molecule has 0 saturated heterocycles. The maximum absolute atomic E-state index is 13.0. The standard InChI is InChI=1S/C22H24N2O3/c1-5-27-18-11-9-16(10-12-18)19-20(22(26)24(14(2)3)21(19)25)23-17-8-6-7-15(4)13-17/h6-14,23H,5H2,1-4H3. The van der Waals surface area contributed by atoms with E-state index in [0.29, 0.717) is 23.4 Å². The van der Waals surface area contributed by atoms with E-state index in [0.717, 1.165) is 17.0 Å². The summed E-state index contributed by atoms with van der Waals surface area (Å²) in [5.41, 5.74) is 3.23. The third kappa shape index (κ3) is 3.72. The minimum atomic E-state index is -0.305. The lowest BCUT2D eigenvalue weighted by Gasteiger charge is -2.19. The molecular weight excluding hydrogens is 340 g/mol. The Kier molecular flexibility index (Phi) is 5.31. The monoisotopic (exact) mass is 364 g/mol. The van der Waals surface area contributed by atoms with Gasteiger partial charge >= 0.3 is 0 Å². The second-order valence-electron chi connectivity index (χ2n) is 6.78. The van der Waals surface area contributed by atoms with Crippen molar-refractivity contribution in [1.82, 2.24) is 4.90 Å². The fourth-order valence-electron chi connectivity index (χ4n) is 3.15. The van der Waals surface area contributed by atoms with Crippen molar-refractivity contribution in [2.45, 2.75) is 33.7 Å². The SMILES string of the molecule is CCOc1ccc(C2=C(Nc3cccc(C)c3)C(=O)N(C(C)C)C2=O)cc1. The summed E-state index contributed by atoms with van der Waals surface area (Å²) in [6, 6.07) is 14.7. The molecule has 2 aromatic carbocycles. The van der Waals surface area contributed by atoms with E-state index in [9.17, 15) is 9.59 Å². The van der Waals surface area contributed by atoms with E-state index in [4.69, 9.17) is 4.74 Å². The Hall–Kier alpha value is -3.08. The predicted molar refractivity (Wildman–Crippen MR) is 106 cm³/mol. The third-order valence-electron chi connectivity index (χ3n) is 4.37. The van der Waals surface area contributed by atoms with Crippen LogP contribution in [-0.4, -0.2) is 29.4 Å². The van der Waals surface area contributed by atoms with Crippen LogP contribution in [0.2, 0.25) is 0 Å². The Morgan fingerprint density at radius 3 is 2.33 bits per heavy atom. The van der Waals surface area contributed by atoms with Gasteiger partial charge in [-0.2, -0.15) is 0 Å². The van der Waals surface area contributed by atoms with E-state index >= 15 is 0 Å². The summed E-state index contributed by atoms with van der Waals surface area (Å²) in [5, 5.41) is 3.17. The van der Waals surface area contributed by atoms with Crippen molar-refractivity contribution in [3.05, 3.63) is 65.4 Å². The highest BCUT2D eigenvalue weighted by Crippen LogP contribution is 2.32. The maximum atomic E-state index is 13.0. The van der Waals surface area contributed by atoms with Crippen LogP contribution in [0.15, 0.2) is 54.2 Å². The summed E-state index contributed by atoms with van der Waals surface area (Å²) < 4.78 is 5.47. The fraction of sp³-hybridized carbons (Fsp3) is 0.273. The topological polar surface area (TPSA) is 58.6 Å². The van der Waals surface area contributed by atoms with Crippen LogP contribution < -0.4 is 10.1 Å². The lowest BCUT2D eigenvalue weighted by atomic mass is 10.0. The van der Waals surface area contributed by atoms with Gasteiger partial charge in [0, 0.05) is 11.7 Å². The Morgan fingerprint density at radius 1 is 1.04 bits per heavy atom. The lowest BCUT2D eigenvalue weighted by Crippen LogP contribution is -2.38. The van der Waals surface area contributed by atoms with Crippen molar-refractivity contribution in [3.63, 3.8) is 0 Å². The highest BCUT2D eigenvalue weighted by Gasteiger charge is 2.40. The molecule has 1 aliphatic heterocycles. The number of ether oxygens (including phenoxy) is 1. The second-order valence-corrected chi connectivity index (χ2v) is 6.78. The molecule has 0 aromatic heterocycles. The smallest absolute Gasteiger partial charge is 0.278 e. The zero-order chi connectivity index (χ0) is 19.6. The molecule has 27 heavy (non-hydrogen) atoms. The number of aryl methyl sites for hydroxylation is 1. The van der Waals surface area contributed by atoms with Gasteiger partial charge in [-0.3, -0.25) is 14.5 Å². The molecule has 0 unspecified atom stereocenters. The number of nitrogens with one attached hydrogen (secondary N) is 1. The third-order valence-corrected chi connectivity index (χ3v) is 4.37. The van der Waals surface area contributed by atoms with Crippen LogP contribution in [0.25, 0.3) is 5.57 Å². The number of imide groups is 1. The number of hydrogen-bond donors (Lipinski definition) is 1. The lowest BCUT2D eigenvalue weighted by molar-refractivity contribution is -0.138. The van der Waals surface area contributed by atoms with Crippen molar-refractivity contribution in [2.75, 3.05) is 11.9 Å². The number of carbonyl (C=O) groups is 2. The zero-order valence-electron chi connectivity index (χ0n) is 16.1. The summed E-state index contributed by atoms with van der Waals surface area (Å²) in [6.45, 7) is 8.14. The molecule has 1 aliphatic rings. The van der Waals surface area contributed by atoms with E-state index in [1.54, 1.807) is 0 Å². The molecule has 0 bridgehead atoms. The van der Waals surface area contributed by atoms with Crippen LogP contribution in [0.1, 0.15) is 31.9 Å². The van der Waals surface area contributed by atoms with E-state index in [1.807, 2.05) is 76.2 Å². The first kappa shape index (κ1) is 18.7. The molecule has 140 valence electrons. The average Bonchev–Trinajstić information content (AvgIpc) is 2.86. The van der Waals surface area contributed by atoms with Crippen molar-refractivity contribution in [2.24, 2.45) is 0 Å². The van der Waals surface area contributed by atoms with Crippen LogP contribution in [0.4, 0.5) is 5.69 Å². The Bertz CT molecular complexity index is 898. The predicted octanol–water partition coefficient (Wildman–Crippen LogP) is 3.99. The van der Waals surface area contributed by atoms with Gasteiger partial charge in [0.25, 0.3) is 11.8 Å².